The number of urea groups is 1. The van der Waals surface area contributed by atoms with Crippen molar-refractivity contribution in [2.45, 2.75) is 31.9 Å². The van der Waals surface area contributed by atoms with Gasteiger partial charge in [-0.2, -0.15) is 0 Å². The lowest BCUT2D eigenvalue weighted by atomic mass is 10.0. The van der Waals surface area contributed by atoms with Crippen LogP contribution in [0.3, 0.4) is 0 Å². The molecule has 8 heteroatoms. The number of hydrogen-bond acceptors (Lipinski definition) is 5. The van der Waals surface area contributed by atoms with Crippen LogP contribution >= 0.6 is 0 Å². The Morgan fingerprint density at radius 1 is 1.45 bits per heavy atom. The molecule has 1 rings (SSSR count). The summed E-state index contributed by atoms with van der Waals surface area (Å²) in [5.41, 5.74) is -0.873. The molecular formula is C12H20N2O6. The van der Waals surface area contributed by atoms with Crippen LogP contribution in [0.15, 0.2) is 0 Å². The van der Waals surface area contributed by atoms with Gasteiger partial charge in [-0.15, -0.1) is 0 Å². The summed E-state index contributed by atoms with van der Waals surface area (Å²) in [5, 5.41) is 11.4. The molecule has 1 heterocycles. The average Bonchev–Trinajstić information content (AvgIpc) is 2.35. The van der Waals surface area contributed by atoms with Crippen LogP contribution in [0.4, 0.5) is 4.79 Å². The average molecular weight is 288 g/mol. The molecule has 0 aromatic carbocycles. The summed E-state index contributed by atoms with van der Waals surface area (Å²) in [5.74, 6) is -1.53. The molecule has 2 amide bonds. The van der Waals surface area contributed by atoms with Crippen molar-refractivity contribution in [2.24, 2.45) is 0 Å². The summed E-state index contributed by atoms with van der Waals surface area (Å²) in [7, 11) is 1.25. The highest BCUT2D eigenvalue weighted by Crippen LogP contribution is 2.12. The smallest absolute Gasteiger partial charge is 0.336 e. The fourth-order valence-electron chi connectivity index (χ4n) is 1.90. The Balaban J connectivity index is 2.58. The van der Waals surface area contributed by atoms with E-state index in [0.29, 0.717) is 6.54 Å². The highest BCUT2D eigenvalue weighted by Gasteiger charge is 2.32. The van der Waals surface area contributed by atoms with E-state index in [1.807, 2.05) is 0 Å². The number of carboxylic acids is 1. The molecule has 0 aliphatic carbocycles. The zero-order valence-electron chi connectivity index (χ0n) is 11.8. The van der Waals surface area contributed by atoms with Crippen molar-refractivity contribution in [3.05, 3.63) is 0 Å². The Bertz CT molecular complexity index is 395. The van der Waals surface area contributed by atoms with Gasteiger partial charge in [0, 0.05) is 12.1 Å². The van der Waals surface area contributed by atoms with Crippen LogP contribution in [-0.2, 0) is 19.1 Å². The lowest BCUT2D eigenvalue weighted by molar-refractivity contribution is -0.158. The largest absolute Gasteiger partial charge is 0.481 e. The molecule has 1 fully saturated rings. The Morgan fingerprint density at radius 2 is 2.10 bits per heavy atom. The maximum Gasteiger partial charge on any atom is 0.336 e. The van der Waals surface area contributed by atoms with E-state index in [1.165, 1.54) is 12.0 Å². The molecule has 0 radical (unpaired) electrons. The van der Waals surface area contributed by atoms with E-state index < -0.39 is 29.6 Å². The minimum Gasteiger partial charge on any atom is -0.481 e. The predicted molar refractivity (Wildman–Crippen MR) is 68.2 cm³/mol. The highest BCUT2D eigenvalue weighted by molar-refractivity contribution is 5.79. The molecule has 1 aliphatic heterocycles. The first-order valence-corrected chi connectivity index (χ1v) is 6.23. The number of carbonyl (C=O) groups is 3. The lowest BCUT2D eigenvalue weighted by Gasteiger charge is -2.34. The van der Waals surface area contributed by atoms with Crippen LogP contribution in [0.2, 0.25) is 0 Å². The maximum atomic E-state index is 12.1. The fraction of sp³-hybridized carbons (Fsp3) is 0.750. The molecule has 0 spiro atoms. The summed E-state index contributed by atoms with van der Waals surface area (Å²) < 4.78 is 9.79. The monoisotopic (exact) mass is 288 g/mol. The van der Waals surface area contributed by atoms with Gasteiger partial charge in [-0.25, -0.2) is 9.59 Å². The first kappa shape index (κ1) is 16.2. The van der Waals surface area contributed by atoms with Crippen molar-refractivity contribution in [2.75, 3.05) is 26.8 Å². The number of ether oxygens (including phenoxy) is 2. The number of rotatable bonds is 4. The minimum absolute atomic E-state index is 0.0850. The first-order chi connectivity index (χ1) is 9.25. The molecule has 1 atom stereocenters. The summed E-state index contributed by atoms with van der Waals surface area (Å²) in [4.78, 5) is 35.6. The van der Waals surface area contributed by atoms with Gasteiger partial charge in [-0.1, -0.05) is 0 Å². The highest BCUT2D eigenvalue weighted by atomic mass is 16.6. The zero-order chi connectivity index (χ0) is 15.3. The van der Waals surface area contributed by atoms with Crippen molar-refractivity contribution in [1.29, 1.82) is 0 Å². The van der Waals surface area contributed by atoms with Crippen molar-refractivity contribution in [1.82, 2.24) is 10.2 Å². The van der Waals surface area contributed by atoms with Gasteiger partial charge in [-0.05, 0) is 13.8 Å². The topological polar surface area (TPSA) is 105 Å². The van der Waals surface area contributed by atoms with Crippen LogP contribution in [0.25, 0.3) is 0 Å². The number of methoxy groups -OCH3 is 1. The van der Waals surface area contributed by atoms with E-state index in [1.54, 1.807) is 13.8 Å². The SMILES string of the molecule is COC(=O)C1CN(C(=O)NC(C)(C)CC(=O)O)CCO1. The van der Waals surface area contributed by atoms with E-state index in [4.69, 9.17) is 9.84 Å². The van der Waals surface area contributed by atoms with E-state index in [2.05, 4.69) is 10.1 Å². The van der Waals surface area contributed by atoms with Gasteiger partial charge in [0.25, 0.3) is 0 Å². The third kappa shape index (κ3) is 4.69. The number of carbonyl (C=O) groups excluding carboxylic acids is 2. The molecule has 20 heavy (non-hydrogen) atoms. The second kappa shape index (κ2) is 6.56. The summed E-state index contributed by atoms with van der Waals surface area (Å²) in [6.07, 6.45) is -0.995. The normalized spacial score (nSPS) is 19.4. The number of aliphatic carboxylic acids is 1. The molecule has 2 N–H and O–H groups in total. The number of carboxylic acid groups (broad SMARTS) is 1. The van der Waals surface area contributed by atoms with Gasteiger partial charge in [0.15, 0.2) is 6.10 Å². The number of nitrogens with zero attached hydrogens (tertiary/aromatic N) is 1. The zero-order valence-corrected chi connectivity index (χ0v) is 11.8. The Hall–Kier alpha value is -1.83. The van der Waals surface area contributed by atoms with Crippen molar-refractivity contribution < 1.29 is 29.0 Å². The number of hydrogen-bond donors (Lipinski definition) is 2. The third-order valence-corrected chi connectivity index (χ3v) is 2.86. The summed E-state index contributed by atoms with van der Waals surface area (Å²) >= 11 is 0. The van der Waals surface area contributed by atoms with Gasteiger partial charge in [0.05, 0.1) is 26.7 Å². The number of amides is 2. The third-order valence-electron chi connectivity index (χ3n) is 2.86. The van der Waals surface area contributed by atoms with Gasteiger partial charge in [0.2, 0.25) is 0 Å². The fourth-order valence-corrected chi connectivity index (χ4v) is 1.90. The van der Waals surface area contributed by atoms with Crippen LogP contribution in [-0.4, -0.2) is 66.4 Å². The van der Waals surface area contributed by atoms with E-state index >= 15 is 0 Å². The quantitative estimate of drug-likeness (QED) is 0.695. The molecule has 8 nitrogen and oxygen atoms in total. The molecule has 0 saturated carbocycles. The Labute approximate surface area is 117 Å². The summed E-state index contributed by atoms with van der Waals surface area (Å²) in [6.45, 7) is 3.89. The predicted octanol–water partition coefficient (Wildman–Crippen LogP) is -0.177. The Morgan fingerprint density at radius 3 is 2.65 bits per heavy atom. The lowest BCUT2D eigenvalue weighted by Crippen LogP contribution is -2.56. The number of esters is 1. The van der Waals surface area contributed by atoms with Crippen LogP contribution in [0.5, 0.6) is 0 Å². The van der Waals surface area contributed by atoms with Gasteiger partial charge in [-0.3, -0.25) is 4.79 Å². The van der Waals surface area contributed by atoms with Crippen LogP contribution in [0, 0.1) is 0 Å². The van der Waals surface area contributed by atoms with Gasteiger partial charge in [0.1, 0.15) is 0 Å². The second-order valence-corrected chi connectivity index (χ2v) is 5.21. The van der Waals surface area contributed by atoms with E-state index in [-0.39, 0.29) is 19.6 Å². The Kier molecular flexibility index (Phi) is 5.32. The molecule has 0 aromatic heterocycles. The molecule has 0 bridgehead atoms. The van der Waals surface area contributed by atoms with Crippen molar-refractivity contribution >= 4 is 18.0 Å². The molecule has 114 valence electrons. The number of morpholine rings is 1. The standard InChI is InChI=1S/C12H20N2O6/c1-12(2,6-9(15)16)13-11(18)14-4-5-20-8(7-14)10(17)19-3/h8H,4-7H2,1-3H3,(H,13,18)(H,15,16). The molecule has 1 unspecified atom stereocenters. The number of nitrogens with one attached hydrogen (secondary N) is 1. The van der Waals surface area contributed by atoms with Crippen molar-refractivity contribution in [3.8, 4) is 0 Å². The molecule has 1 aliphatic rings. The second-order valence-electron chi connectivity index (χ2n) is 5.21. The summed E-state index contributed by atoms with van der Waals surface area (Å²) in [6, 6.07) is -0.423. The molecule has 1 saturated heterocycles. The van der Waals surface area contributed by atoms with Crippen LogP contribution in [0.1, 0.15) is 20.3 Å². The van der Waals surface area contributed by atoms with E-state index in [0.717, 1.165) is 0 Å². The van der Waals surface area contributed by atoms with Crippen LogP contribution < -0.4 is 5.32 Å². The van der Waals surface area contributed by atoms with Gasteiger partial charge >= 0.3 is 18.0 Å². The van der Waals surface area contributed by atoms with Gasteiger partial charge < -0.3 is 24.8 Å². The molecular weight excluding hydrogens is 268 g/mol. The maximum absolute atomic E-state index is 12.1. The molecule has 0 aromatic rings. The van der Waals surface area contributed by atoms with E-state index in [9.17, 15) is 14.4 Å². The first-order valence-electron chi connectivity index (χ1n) is 6.23. The van der Waals surface area contributed by atoms with Crippen molar-refractivity contribution in [3.63, 3.8) is 0 Å². The minimum atomic E-state index is -0.996.